The molecule has 1 aliphatic carbocycles. The molecule has 1 aliphatic heterocycles. The number of nitrogens with zero attached hydrogens (tertiary/aromatic N) is 1. The van der Waals surface area contributed by atoms with Crippen molar-refractivity contribution in [2.24, 2.45) is 0 Å². The lowest BCUT2D eigenvalue weighted by molar-refractivity contribution is 0.326. The van der Waals surface area contributed by atoms with E-state index in [1.807, 2.05) is 30.3 Å². The highest BCUT2D eigenvalue weighted by Crippen LogP contribution is 2.47. The van der Waals surface area contributed by atoms with Crippen molar-refractivity contribution in [2.45, 2.75) is 38.5 Å². The first-order valence-electron chi connectivity index (χ1n) is 9.80. The SMILES string of the molecule is CCc1c(C2CC2)nc2c(c1-c1ccc(F)cc1)CCOc1ccccc1-2. The highest BCUT2D eigenvalue weighted by atomic mass is 19.1. The van der Waals surface area contributed by atoms with Crippen molar-refractivity contribution in [3.63, 3.8) is 0 Å². The molecule has 0 radical (unpaired) electrons. The Morgan fingerprint density at radius 3 is 2.59 bits per heavy atom. The van der Waals surface area contributed by atoms with Gasteiger partial charge in [-0.1, -0.05) is 31.2 Å². The number of hydrogen-bond donors (Lipinski definition) is 0. The molecule has 5 rings (SSSR count). The second-order valence-electron chi connectivity index (χ2n) is 7.41. The first-order chi connectivity index (χ1) is 13.3. The Hall–Kier alpha value is -2.68. The first-order valence-corrected chi connectivity index (χ1v) is 9.80. The third-order valence-electron chi connectivity index (χ3n) is 5.63. The molecule has 136 valence electrons. The van der Waals surface area contributed by atoms with Crippen LogP contribution in [0.3, 0.4) is 0 Å². The lowest BCUT2D eigenvalue weighted by Crippen LogP contribution is -2.07. The van der Waals surface area contributed by atoms with Crippen LogP contribution in [0.25, 0.3) is 22.4 Å². The van der Waals surface area contributed by atoms with E-state index in [0.717, 1.165) is 35.4 Å². The highest BCUT2D eigenvalue weighted by Gasteiger charge is 2.32. The summed E-state index contributed by atoms with van der Waals surface area (Å²) >= 11 is 0. The fourth-order valence-corrected chi connectivity index (χ4v) is 4.22. The van der Waals surface area contributed by atoms with E-state index in [2.05, 4.69) is 13.0 Å². The van der Waals surface area contributed by atoms with Crippen LogP contribution < -0.4 is 4.74 Å². The lowest BCUT2D eigenvalue weighted by Gasteiger charge is -2.20. The molecule has 2 heterocycles. The van der Waals surface area contributed by atoms with Crippen LogP contribution in [0, 0.1) is 5.82 Å². The number of aromatic nitrogens is 1. The summed E-state index contributed by atoms with van der Waals surface area (Å²) in [7, 11) is 0. The van der Waals surface area contributed by atoms with Gasteiger partial charge in [-0.25, -0.2) is 4.39 Å². The average molecular weight is 359 g/mol. The Balaban J connectivity index is 1.84. The maximum Gasteiger partial charge on any atom is 0.128 e. The molecule has 3 heteroatoms. The molecule has 2 aromatic carbocycles. The maximum absolute atomic E-state index is 13.6. The van der Waals surface area contributed by atoms with Gasteiger partial charge in [-0.3, -0.25) is 4.98 Å². The molecule has 27 heavy (non-hydrogen) atoms. The molecule has 0 spiro atoms. The smallest absolute Gasteiger partial charge is 0.128 e. The molecule has 2 nitrogen and oxygen atoms in total. The van der Waals surface area contributed by atoms with E-state index in [9.17, 15) is 4.39 Å². The monoisotopic (exact) mass is 359 g/mol. The van der Waals surface area contributed by atoms with E-state index in [1.54, 1.807) is 12.1 Å². The van der Waals surface area contributed by atoms with E-state index in [-0.39, 0.29) is 5.82 Å². The van der Waals surface area contributed by atoms with Gasteiger partial charge in [-0.2, -0.15) is 0 Å². The Kier molecular flexibility index (Phi) is 3.96. The van der Waals surface area contributed by atoms with Crippen LogP contribution in [0.15, 0.2) is 48.5 Å². The number of rotatable bonds is 3. The second kappa shape index (κ2) is 6.49. The molecule has 0 N–H and O–H groups in total. The van der Waals surface area contributed by atoms with Gasteiger partial charge >= 0.3 is 0 Å². The predicted molar refractivity (Wildman–Crippen MR) is 106 cm³/mol. The van der Waals surface area contributed by atoms with Gasteiger partial charge in [0.25, 0.3) is 0 Å². The van der Waals surface area contributed by atoms with E-state index < -0.39 is 0 Å². The zero-order valence-electron chi connectivity index (χ0n) is 15.5. The number of para-hydroxylation sites is 1. The lowest BCUT2D eigenvalue weighted by atomic mass is 9.87. The minimum Gasteiger partial charge on any atom is -0.493 e. The molecule has 2 aliphatic rings. The highest BCUT2D eigenvalue weighted by molar-refractivity contribution is 5.82. The standard InChI is InChI=1S/C24H22FNO/c1-2-18-22(15-9-11-17(25)12-10-15)20-13-14-27-21-6-4-3-5-19(21)24(20)26-23(18)16-7-8-16/h3-6,9-12,16H,2,7-8,13-14H2,1H3. The van der Waals surface area contributed by atoms with Crippen molar-refractivity contribution in [3.8, 4) is 28.1 Å². The zero-order chi connectivity index (χ0) is 18.4. The van der Waals surface area contributed by atoms with E-state index in [1.165, 1.54) is 35.2 Å². The molecular weight excluding hydrogens is 337 g/mol. The Morgan fingerprint density at radius 2 is 1.85 bits per heavy atom. The van der Waals surface area contributed by atoms with E-state index >= 15 is 0 Å². The van der Waals surface area contributed by atoms with Crippen LogP contribution in [0.5, 0.6) is 5.75 Å². The Bertz CT molecular complexity index is 1010. The molecule has 0 atom stereocenters. The van der Waals surface area contributed by atoms with E-state index in [4.69, 9.17) is 9.72 Å². The third-order valence-corrected chi connectivity index (χ3v) is 5.63. The summed E-state index contributed by atoms with van der Waals surface area (Å²) in [5.41, 5.74) is 8.21. The summed E-state index contributed by atoms with van der Waals surface area (Å²) in [5, 5.41) is 0. The normalized spacial score (nSPS) is 15.5. The molecule has 0 amide bonds. The van der Waals surface area contributed by atoms with Crippen molar-refractivity contribution in [2.75, 3.05) is 6.61 Å². The van der Waals surface area contributed by atoms with Crippen LogP contribution in [0.1, 0.15) is 42.5 Å². The first kappa shape index (κ1) is 16.5. The van der Waals surface area contributed by atoms with Gasteiger partial charge in [-0.15, -0.1) is 0 Å². The predicted octanol–water partition coefficient (Wildman–Crippen LogP) is 5.93. The number of ether oxygens (including phenoxy) is 1. The second-order valence-corrected chi connectivity index (χ2v) is 7.41. The van der Waals surface area contributed by atoms with Crippen LogP contribution in [0.4, 0.5) is 4.39 Å². The molecule has 3 aromatic rings. The van der Waals surface area contributed by atoms with Gasteiger partial charge in [0.2, 0.25) is 0 Å². The molecule has 0 saturated heterocycles. The van der Waals surface area contributed by atoms with Crippen LogP contribution in [-0.4, -0.2) is 11.6 Å². The molecule has 1 aromatic heterocycles. The number of halogens is 1. The number of benzene rings is 2. The van der Waals surface area contributed by atoms with Gasteiger partial charge in [0.15, 0.2) is 0 Å². The summed E-state index contributed by atoms with van der Waals surface area (Å²) in [4.78, 5) is 5.20. The van der Waals surface area contributed by atoms with Crippen molar-refractivity contribution >= 4 is 0 Å². The van der Waals surface area contributed by atoms with Gasteiger partial charge in [0, 0.05) is 23.6 Å². The molecule has 0 unspecified atom stereocenters. The van der Waals surface area contributed by atoms with Gasteiger partial charge in [0.1, 0.15) is 11.6 Å². The molecule has 0 bridgehead atoms. The summed E-state index contributed by atoms with van der Waals surface area (Å²) in [5.74, 6) is 1.26. The summed E-state index contributed by atoms with van der Waals surface area (Å²) in [6.45, 7) is 2.83. The summed E-state index contributed by atoms with van der Waals surface area (Å²) < 4.78 is 19.6. The van der Waals surface area contributed by atoms with Gasteiger partial charge in [0.05, 0.1) is 12.3 Å². The van der Waals surface area contributed by atoms with E-state index in [0.29, 0.717) is 12.5 Å². The van der Waals surface area contributed by atoms with Crippen molar-refractivity contribution in [3.05, 3.63) is 71.2 Å². The quantitative estimate of drug-likeness (QED) is 0.578. The fraction of sp³-hybridized carbons (Fsp3) is 0.292. The number of hydrogen-bond acceptors (Lipinski definition) is 2. The van der Waals surface area contributed by atoms with Crippen LogP contribution in [0.2, 0.25) is 0 Å². The minimum atomic E-state index is -0.201. The topological polar surface area (TPSA) is 22.1 Å². The number of pyridine rings is 1. The van der Waals surface area contributed by atoms with Crippen molar-refractivity contribution < 1.29 is 9.13 Å². The molecule has 1 saturated carbocycles. The molecule has 1 fully saturated rings. The van der Waals surface area contributed by atoms with Crippen molar-refractivity contribution in [1.29, 1.82) is 0 Å². The average Bonchev–Trinajstić information content (AvgIpc) is 3.54. The van der Waals surface area contributed by atoms with Gasteiger partial charge < -0.3 is 4.74 Å². The summed E-state index contributed by atoms with van der Waals surface area (Å²) in [6.07, 6.45) is 4.16. The van der Waals surface area contributed by atoms with Gasteiger partial charge in [-0.05, 0) is 65.8 Å². The molecular formula is C24H22FNO. The Labute approximate surface area is 159 Å². The number of fused-ring (bicyclic) bond motifs is 3. The maximum atomic E-state index is 13.6. The third kappa shape index (κ3) is 2.82. The van der Waals surface area contributed by atoms with Crippen molar-refractivity contribution in [1.82, 2.24) is 4.98 Å². The van der Waals surface area contributed by atoms with Crippen LogP contribution >= 0.6 is 0 Å². The fourth-order valence-electron chi connectivity index (χ4n) is 4.22. The zero-order valence-corrected chi connectivity index (χ0v) is 15.5. The van der Waals surface area contributed by atoms with Crippen LogP contribution in [-0.2, 0) is 12.8 Å². The Morgan fingerprint density at radius 1 is 1.07 bits per heavy atom. The summed E-state index contributed by atoms with van der Waals surface area (Å²) in [6, 6.07) is 15.1. The largest absolute Gasteiger partial charge is 0.493 e. The minimum absolute atomic E-state index is 0.201.